The molecule has 0 saturated heterocycles. The zero-order chi connectivity index (χ0) is 21.1. The van der Waals surface area contributed by atoms with Gasteiger partial charge in [-0.3, -0.25) is 10.1 Å². The minimum absolute atomic E-state index is 0.147. The highest BCUT2D eigenvalue weighted by Gasteiger charge is 2.20. The van der Waals surface area contributed by atoms with E-state index in [0.29, 0.717) is 22.7 Å². The van der Waals surface area contributed by atoms with E-state index in [1.54, 1.807) is 0 Å². The van der Waals surface area contributed by atoms with Crippen molar-refractivity contribution in [3.63, 3.8) is 0 Å². The highest BCUT2D eigenvalue weighted by molar-refractivity contribution is 8.00. The summed E-state index contributed by atoms with van der Waals surface area (Å²) in [5.74, 6) is 1.42. The Labute approximate surface area is 183 Å². The Hall–Kier alpha value is -2.46. The zero-order valence-electron chi connectivity index (χ0n) is 17.2. The van der Waals surface area contributed by atoms with Gasteiger partial charge in [0, 0.05) is 7.05 Å². The second-order valence-corrected chi connectivity index (χ2v) is 9.75. The Morgan fingerprint density at radius 1 is 1.23 bits per heavy atom. The SMILES string of the molecule is Cc1nnc(NC(=O)C(C)Sc2nnc(COc3ccc4c(c3)CCCC4)n2C)s1. The molecule has 1 N–H and O–H groups in total. The summed E-state index contributed by atoms with van der Waals surface area (Å²) in [4.78, 5) is 12.4. The summed E-state index contributed by atoms with van der Waals surface area (Å²) >= 11 is 2.69. The molecule has 0 fully saturated rings. The number of benzene rings is 1. The zero-order valence-corrected chi connectivity index (χ0v) is 18.8. The van der Waals surface area contributed by atoms with E-state index in [9.17, 15) is 4.79 Å². The number of aromatic nitrogens is 5. The van der Waals surface area contributed by atoms with Crippen LogP contribution in [0.25, 0.3) is 0 Å². The van der Waals surface area contributed by atoms with Gasteiger partial charge in [-0.2, -0.15) is 0 Å². The van der Waals surface area contributed by atoms with Crippen LogP contribution in [-0.4, -0.2) is 36.1 Å². The monoisotopic (exact) mass is 444 g/mol. The number of hydrogen-bond donors (Lipinski definition) is 1. The molecule has 4 rings (SSSR count). The number of ether oxygens (including phenoxy) is 1. The van der Waals surface area contributed by atoms with E-state index in [1.165, 1.54) is 47.1 Å². The molecule has 0 spiro atoms. The van der Waals surface area contributed by atoms with Crippen LogP contribution in [0.5, 0.6) is 5.75 Å². The topological polar surface area (TPSA) is 94.8 Å². The smallest absolute Gasteiger partial charge is 0.239 e. The minimum Gasteiger partial charge on any atom is -0.486 e. The number of anilines is 1. The quantitative estimate of drug-likeness (QED) is 0.557. The Morgan fingerprint density at radius 3 is 2.80 bits per heavy atom. The summed E-state index contributed by atoms with van der Waals surface area (Å²) in [7, 11) is 1.88. The van der Waals surface area contributed by atoms with Crippen LogP contribution in [0.2, 0.25) is 0 Å². The number of rotatable bonds is 7. The van der Waals surface area contributed by atoms with Crippen molar-refractivity contribution >= 4 is 34.1 Å². The van der Waals surface area contributed by atoms with Gasteiger partial charge < -0.3 is 9.30 Å². The maximum Gasteiger partial charge on any atom is 0.239 e. The first kappa shape index (κ1) is 20.8. The van der Waals surface area contributed by atoms with Crippen molar-refractivity contribution < 1.29 is 9.53 Å². The summed E-state index contributed by atoms with van der Waals surface area (Å²) in [6.45, 7) is 4.00. The first-order valence-corrected chi connectivity index (χ1v) is 11.6. The van der Waals surface area contributed by atoms with Crippen molar-refractivity contribution in [2.75, 3.05) is 5.32 Å². The first-order valence-electron chi connectivity index (χ1n) is 9.90. The van der Waals surface area contributed by atoms with Crippen molar-refractivity contribution in [1.82, 2.24) is 25.0 Å². The van der Waals surface area contributed by atoms with Crippen LogP contribution in [0, 0.1) is 6.92 Å². The molecule has 1 aliphatic rings. The minimum atomic E-state index is -0.355. The highest BCUT2D eigenvalue weighted by Crippen LogP contribution is 2.27. The highest BCUT2D eigenvalue weighted by atomic mass is 32.2. The van der Waals surface area contributed by atoms with Crippen molar-refractivity contribution in [2.45, 2.75) is 56.5 Å². The number of aryl methyl sites for hydroxylation is 3. The molecular weight excluding hydrogens is 420 g/mol. The summed E-state index contributed by atoms with van der Waals surface area (Å²) in [5.41, 5.74) is 2.82. The third-order valence-electron chi connectivity index (χ3n) is 5.02. The number of nitrogens with zero attached hydrogens (tertiary/aromatic N) is 5. The second kappa shape index (κ2) is 9.13. The van der Waals surface area contributed by atoms with Gasteiger partial charge in [-0.1, -0.05) is 29.2 Å². The van der Waals surface area contributed by atoms with Crippen LogP contribution < -0.4 is 10.1 Å². The largest absolute Gasteiger partial charge is 0.486 e. The predicted octanol–water partition coefficient (Wildman–Crippen LogP) is 3.55. The van der Waals surface area contributed by atoms with Crippen molar-refractivity contribution in [1.29, 1.82) is 0 Å². The molecule has 1 aliphatic carbocycles. The maximum absolute atomic E-state index is 12.4. The molecule has 30 heavy (non-hydrogen) atoms. The van der Waals surface area contributed by atoms with E-state index < -0.39 is 0 Å². The molecule has 1 amide bonds. The summed E-state index contributed by atoms with van der Waals surface area (Å²) in [5, 5.41) is 20.7. The molecule has 2 heterocycles. The maximum atomic E-state index is 12.4. The molecule has 1 aromatic carbocycles. The fourth-order valence-corrected chi connectivity index (χ4v) is 4.71. The number of hydrogen-bond acceptors (Lipinski definition) is 8. The molecule has 0 saturated carbocycles. The third kappa shape index (κ3) is 4.81. The Balaban J connectivity index is 1.34. The molecule has 3 aromatic rings. The number of nitrogens with one attached hydrogen (secondary N) is 1. The van der Waals surface area contributed by atoms with Gasteiger partial charge in [0.2, 0.25) is 11.0 Å². The van der Waals surface area contributed by atoms with E-state index in [0.717, 1.165) is 23.6 Å². The fraction of sp³-hybridized carbons (Fsp3) is 0.450. The van der Waals surface area contributed by atoms with Crippen molar-refractivity contribution in [3.05, 3.63) is 40.2 Å². The average molecular weight is 445 g/mol. The molecule has 2 aromatic heterocycles. The standard InChI is InChI=1S/C20H24N6O2S2/c1-12(18(27)21-19-24-22-13(2)30-19)29-20-25-23-17(26(20)3)11-28-16-9-8-14-6-4-5-7-15(14)10-16/h8-10,12H,4-7,11H2,1-3H3,(H,21,24,27). The Morgan fingerprint density at radius 2 is 2.03 bits per heavy atom. The molecular formula is C20H24N6O2S2. The van der Waals surface area contributed by atoms with E-state index in [1.807, 2.05) is 31.5 Å². The molecule has 0 radical (unpaired) electrons. The van der Waals surface area contributed by atoms with Gasteiger partial charge in [-0.15, -0.1) is 20.4 Å². The van der Waals surface area contributed by atoms with E-state index in [2.05, 4.69) is 37.8 Å². The summed E-state index contributed by atoms with van der Waals surface area (Å²) in [6.07, 6.45) is 4.78. The molecule has 0 aliphatic heterocycles. The van der Waals surface area contributed by atoms with Gasteiger partial charge in [0.25, 0.3) is 0 Å². The Bertz CT molecular complexity index is 1050. The van der Waals surface area contributed by atoms with Gasteiger partial charge in [-0.25, -0.2) is 0 Å². The van der Waals surface area contributed by atoms with Crippen LogP contribution >= 0.6 is 23.1 Å². The molecule has 0 bridgehead atoms. The van der Waals surface area contributed by atoms with Gasteiger partial charge in [-0.05, 0) is 62.8 Å². The number of fused-ring (bicyclic) bond motifs is 1. The van der Waals surface area contributed by atoms with Crippen molar-refractivity contribution in [3.8, 4) is 5.75 Å². The number of carbonyl (C=O) groups is 1. The number of thioether (sulfide) groups is 1. The summed E-state index contributed by atoms with van der Waals surface area (Å²) < 4.78 is 7.82. The normalized spacial score (nSPS) is 14.2. The second-order valence-electron chi connectivity index (χ2n) is 7.26. The molecule has 158 valence electrons. The molecule has 1 atom stereocenters. The number of amides is 1. The lowest BCUT2D eigenvalue weighted by atomic mass is 9.92. The van der Waals surface area contributed by atoms with E-state index in [-0.39, 0.29) is 11.2 Å². The van der Waals surface area contributed by atoms with Crippen LogP contribution in [-0.2, 0) is 31.3 Å². The van der Waals surface area contributed by atoms with Crippen molar-refractivity contribution in [2.24, 2.45) is 7.05 Å². The average Bonchev–Trinajstić information content (AvgIpc) is 3.31. The number of carbonyl (C=O) groups excluding carboxylic acids is 1. The van der Waals surface area contributed by atoms with Crippen LogP contribution in [0.4, 0.5) is 5.13 Å². The summed E-state index contributed by atoms with van der Waals surface area (Å²) in [6, 6.07) is 6.33. The first-order chi connectivity index (χ1) is 14.5. The van der Waals surface area contributed by atoms with Gasteiger partial charge >= 0.3 is 0 Å². The lowest BCUT2D eigenvalue weighted by Gasteiger charge is -2.16. The third-order valence-corrected chi connectivity index (χ3v) is 6.91. The molecule has 1 unspecified atom stereocenters. The van der Waals surface area contributed by atoms with E-state index in [4.69, 9.17) is 4.74 Å². The van der Waals surface area contributed by atoms with Crippen LogP contribution in [0.15, 0.2) is 23.4 Å². The van der Waals surface area contributed by atoms with Crippen LogP contribution in [0.3, 0.4) is 0 Å². The van der Waals surface area contributed by atoms with Crippen LogP contribution in [0.1, 0.15) is 41.7 Å². The fourth-order valence-electron chi connectivity index (χ4n) is 3.29. The molecule has 8 nitrogen and oxygen atoms in total. The van der Waals surface area contributed by atoms with Gasteiger partial charge in [0.1, 0.15) is 17.4 Å². The van der Waals surface area contributed by atoms with Gasteiger partial charge in [0.05, 0.1) is 5.25 Å². The Kier molecular flexibility index (Phi) is 6.33. The predicted molar refractivity (Wildman–Crippen MR) is 117 cm³/mol. The van der Waals surface area contributed by atoms with E-state index >= 15 is 0 Å². The molecule has 10 heteroatoms. The lowest BCUT2D eigenvalue weighted by molar-refractivity contribution is -0.115. The van der Waals surface area contributed by atoms with Gasteiger partial charge in [0.15, 0.2) is 11.0 Å². The lowest BCUT2D eigenvalue weighted by Crippen LogP contribution is -2.22.